The lowest BCUT2D eigenvalue weighted by Crippen LogP contribution is -2.46. The highest BCUT2D eigenvalue weighted by molar-refractivity contribution is 6.26. The number of nitrogens with one attached hydrogen (secondary N) is 1. The van der Waals surface area contributed by atoms with E-state index in [1.807, 2.05) is 0 Å². The molecule has 1 N–H and O–H groups in total. The molecular formula is C28H19N5O8. The minimum absolute atomic E-state index is 0.0631. The largest absolute Gasteiger partial charge is 0.313 e. The number of carbonyl (C=O) groups is 4. The maximum Gasteiger partial charge on any atom is 0.270 e. The highest BCUT2D eigenvalue weighted by Gasteiger charge is 2.35. The summed E-state index contributed by atoms with van der Waals surface area (Å²) in [4.78, 5) is 76.1. The van der Waals surface area contributed by atoms with E-state index in [0.29, 0.717) is 21.5 Å². The van der Waals surface area contributed by atoms with E-state index in [-0.39, 0.29) is 59.8 Å². The molecule has 0 atom stereocenters. The van der Waals surface area contributed by atoms with Crippen molar-refractivity contribution in [2.45, 2.75) is 0 Å². The molecule has 2 aliphatic rings. The van der Waals surface area contributed by atoms with Gasteiger partial charge in [-0.25, -0.2) is 0 Å². The second-order valence-corrected chi connectivity index (χ2v) is 9.58. The summed E-state index contributed by atoms with van der Waals surface area (Å²) in [6, 6.07) is 14.5. The zero-order valence-corrected chi connectivity index (χ0v) is 21.2. The first kappa shape index (κ1) is 25.7. The summed E-state index contributed by atoms with van der Waals surface area (Å²) < 4.78 is 0. The van der Waals surface area contributed by atoms with Crippen LogP contribution >= 0.6 is 0 Å². The number of nitro groups is 2. The molecule has 0 aliphatic carbocycles. The molecule has 4 aromatic rings. The summed E-state index contributed by atoms with van der Waals surface area (Å²) in [6.07, 6.45) is 0. The molecule has 4 aromatic carbocycles. The number of imide groups is 2. The van der Waals surface area contributed by atoms with Gasteiger partial charge in [-0.3, -0.25) is 49.2 Å². The normalized spacial score (nSPS) is 14.3. The number of hydrogen-bond donors (Lipinski definition) is 1. The van der Waals surface area contributed by atoms with Crippen molar-refractivity contribution < 1.29 is 29.0 Å². The Morgan fingerprint density at radius 1 is 0.585 bits per heavy atom. The van der Waals surface area contributed by atoms with Gasteiger partial charge < -0.3 is 5.32 Å². The maximum absolute atomic E-state index is 13.2. The molecule has 0 saturated carbocycles. The zero-order valence-electron chi connectivity index (χ0n) is 21.2. The first-order chi connectivity index (χ1) is 19.7. The Hall–Kier alpha value is -5.56. The lowest BCUT2D eigenvalue weighted by atomic mass is 9.93. The van der Waals surface area contributed by atoms with E-state index in [9.17, 15) is 39.4 Å². The van der Waals surface area contributed by atoms with Crippen molar-refractivity contribution in [3.8, 4) is 0 Å². The first-order valence-corrected chi connectivity index (χ1v) is 12.5. The average Bonchev–Trinajstić information content (AvgIpc) is 2.96. The third-order valence-electron chi connectivity index (χ3n) is 7.27. The fourth-order valence-corrected chi connectivity index (χ4v) is 5.41. The third kappa shape index (κ3) is 4.06. The van der Waals surface area contributed by atoms with Crippen molar-refractivity contribution in [3.63, 3.8) is 0 Å². The van der Waals surface area contributed by atoms with Crippen LogP contribution in [0.3, 0.4) is 0 Å². The van der Waals surface area contributed by atoms with E-state index in [1.54, 1.807) is 36.4 Å². The number of nitrogens with zero attached hydrogens (tertiary/aromatic N) is 4. The van der Waals surface area contributed by atoms with Crippen LogP contribution in [0.5, 0.6) is 0 Å². The van der Waals surface area contributed by atoms with Gasteiger partial charge >= 0.3 is 0 Å². The van der Waals surface area contributed by atoms with Crippen LogP contribution in [0.2, 0.25) is 0 Å². The molecule has 13 heteroatoms. The minimum Gasteiger partial charge on any atom is -0.313 e. The van der Waals surface area contributed by atoms with Gasteiger partial charge in [0.2, 0.25) is 0 Å². The van der Waals surface area contributed by atoms with Crippen molar-refractivity contribution in [2.24, 2.45) is 0 Å². The van der Waals surface area contributed by atoms with Gasteiger partial charge in [-0.05, 0) is 22.9 Å². The third-order valence-corrected chi connectivity index (χ3v) is 7.27. The van der Waals surface area contributed by atoms with Crippen molar-refractivity contribution in [3.05, 3.63) is 103 Å². The minimum atomic E-state index is -0.656. The highest BCUT2D eigenvalue weighted by Crippen LogP contribution is 2.34. The summed E-state index contributed by atoms with van der Waals surface area (Å²) >= 11 is 0. The number of rotatable bonds is 8. The van der Waals surface area contributed by atoms with Crippen LogP contribution in [0.15, 0.2) is 60.7 Å². The van der Waals surface area contributed by atoms with Crippen molar-refractivity contribution in [1.82, 2.24) is 15.1 Å². The highest BCUT2D eigenvalue weighted by atomic mass is 16.6. The number of carbonyl (C=O) groups excluding carboxylic acids is 4. The molecule has 0 aromatic heterocycles. The van der Waals surface area contributed by atoms with E-state index in [4.69, 9.17) is 0 Å². The lowest BCUT2D eigenvalue weighted by Gasteiger charge is -2.28. The second-order valence-electron chi connectivity index (χ2n) is 9.58. The Morgan fingerprint density at radius 2 is 0.976 bits per heavy atom. The van der Waals surface area contributed by atoms with Crippen LogP contribution in [-0.4, -0.2) is 69.5 Å². The van der Waals surface area contributed by atoms with Crippen LogP contribution in [-0.2, 0) is 0 Å². The van der Waals surface area contributed by atoms with Gasteiger partial charge in [0.1, 0.15) is 0 Å². The number of nitro benzene ring substituents is 2. The topological polar surface area (TPSA) is 173 Å². The van der Waals surface area contributed by atoms with E-state index < -0.39 is 33.5 Å². The SMILES string of the molecule is O=C1c2cccc3cc([N+](=O)[O-])cc(c23)C(=O)N1CCNCCN1C(=O)c2cccc3cc([N+](=O)[O-])cc(c23)C1=O. The summed E-state index contributed by atoms with van der Waals surface area (Å²) in [7, 11) is 0. The van der Waals surface area contributed by atoms with Crippen LogP contribution < -0.4 is 5.32 Å². The van der Waals surface area contributed by atoms with Crippen molar-refractivity contribution in [1.29, 1.82) is 0 Å². The molecule has 0 spiro atoms. The lowest BCUT2D eigenvalue weighted by molar-refractivity contribution is -0.384. The van der Waals surface area contributed by atoms with Gasteiger partial charge in [0.25, 0.3) is 35.0 Å². The van der Waals surface area contributed by atoms with Gasteiger partial charge in [-0.1, -0.05) is 24.3 Å². The van der Waals surface area contributed by atoms with E-state index in [0.717, 1.165) is 21.9 Å². The summed E-state index contributed by atoms with van der Waals surface area (Å²) in [6.45, 7) is 0.107. The van der Waals surface area contributed by atoms with Crippen molar-refractivity contribution >= 4 is 56.5 Å². The Bertz CT molecular complexity index is 1750. The summed E-state index contributed by atoms with van der Waals surface area (Å²) in [5, 5.41) is 27.3. The van der Waals surface area contributed by atoms with E-state index in [1.165, 1.54) is 12.1 Å². The number of hydrogen-bond acceptors (Lipinski definition) is 9. The Balaban J connectivity index is 1.15. The molecule has 4 amide bonds. The quantitative estimate of drug-likeness (QED) is 0.149. The Labute approximate surface area is 230 Å². The van der Waals surface area contributed by atoms with Crippen LogP contribution in [0.4, 0.5) is 11.4 Å². The predicted octanol–water partition coefficient (Wildman–Crippen LogP) is 3.29. The molecular weight excluding hydrogens is 534 g/mol. The molecule has 2 aliphatic heterocycles. The number of amides is 4. The predicted molar refractivity (Wildman–Crippen MR) is 145 cm³/mol. The molecule has 41 heavy (non-hydrogen) atoms. The van der Waals surface area contributed by atoms with E-state index >= 15 is 0 Å². The smallest absolute Gasteiger partial charge is 0.270 e. The molecule has 0 unspecified atom stereocenters. The fourth-order valence-electron chi connectivity index (χ4n) is 5.41. The van der Waals surface area contributed by atoms with Gasteiger partial charge in [-0.15, -0.1) is 0 Å². The average molecular weight is 553 g/mol. The maximum atomic E-state index is 13.2. The van der Waals surface area contributed by atoms with Crippen LogP contribution in [0.1, 0.15) is 41.4 Å². The standard InChI is InChI=1S/C28H19N5O8/c34-25-19-5-1-3-15-11-17(32(38)39)13-21(23(15)19)27(36)30(25)9-7-29-8-10-31-26(35)20-6-2-4-16-12-18(33(40)41)14-22(24(16)20)28(31)37/h1-6,11-14,29H,7-10H2. The van der Waals surface area contributed by atoms with E-state index in [2.05, 4.69) is 5.32 Å². The number of benzene rings is 4. The zero-order chi connectivity index (χ0) is 29.0. The molecule has 0 radical (unpaired) electrons. The first-order valence-electron chi connectivity index (χ1n) is 12.5. The molecule has 0 fully saturated rings. The van der Waals surface area contributed by atoms with Gasteiger partial charge in [-0.2, -0.15) is 0 Å². The second kappa shape index (κ2) is 9.57. The monoisotopic (exact) mass is 553 g/mol. The molecule has 0 saturated heterocycles. The van der Waals surface area contributed by atoms with Gasteiger partial charge in [0.05, 0.1) is 21.0 Å². The molecule has 6 rings (SSSR count). The van der Waals surface area contributed by atoms with Crippen LogP contribution in [0, 0.1) is 20.2 Å². The Kier molecular flexibility index (Phi) is 6.00. The summed E-state index contributed by atoms with van der Waals surface area (Å²) in [5.41, 5.74) is 0.136. The van der Waals surface area contributed by atoms with Crippen molar-refractivity contribution in [2.75, 3.05) is 26.2 Å². The van der Waals surface area contributed by atoms with Crippen LogP contribution in [0.25, 0.3) is 21.5 Å². The molecule has 0 bridgehead atoms. The molecule has 204 valence electrons. The molecule has 13 nitrogen and oxygen atoms in total. The van der Waals surface area contributed by atoms with Gasteiger partial charge in [0, 0.05) is 72.3 Å². The molecule has 2 heterocycles. The fraction of sp³-hybridized carbons (Fsp3) is 0.143. The Morgan fingerprint density at radius 3 is 1.37 bits per heavy atom. The number of non-ortho nitro benzene ring substituents is 2. The van der Waals surface area contributed by atoms with Gasteiger partial charge in [0.15, 0.2) is 0 Å². The summed E-state index contributed by atoms with van der Waals surface area (Å²) in [5.74, 6) is -2.37.